The Morgan fingerprint density at radius 2 is 2.15 bits per heavy atom. The molecule has 1 fully saturated rings. The molecule has 9 heteroatoms. The molecule has 20 heavy (non-hydrogen) atoms. The lowest BCUT2D eigenvalue weighted by Crippen LogP contribution is -2.56. The summed E-state index contributed by atoms with van der Waals surface area (Å²) in [6.45, 7) is 1.75. The van der Waals surface area contributed by atoms with Gasteiger partial charge in [0.05, 0.1) is 11.5 Å². The van der Waals surface area contributed by atoms with E-state index in [-0.39, 0.29) is 18.1 Å². The van der Waals surface area contributed by atoms with Gasteiger partial charge in [0.1, 0.15) is 6.04 Å². The van der Waals surface area contributed by atoms with Crippen molar-refractivity contribution in [2.75, 3.05) is 30.1 Å². The molecule has 0 aromatic heterocycles. The molecule has 1 saturated heterocycles. The van der Waals surface area contributed by atoms with Crippen molar-refractivity contribution < 1.29 is 23.1 Å². The van der Waals surface area contributed by atoms with E-state index < -0.39 is 33.9 Å². The molecule has 2 N–H and O–H groups in total. The third-order valence-electron chi connectivity index (χ3n) is 3.14. The Kier molecular flexibility index (Phi) is 6.12. The molecule has 0 aliphatic carbocycles. The van der Waals surface area contributed by atoms with Crippen molar-refractivity contribution in [3.8, 4) is 0 Å². The number of amides is 2. The third kappa shape index (κ3) is 4.86. The number of rotatable bonds is 5. The van der Waals surface area contributed by atoms with E-state index in [4.69, 9.17) is 5.11 Å². The summed E-state index contributed by atoms with van der Waals surface area (Å²) in [6, 6.07) is -1.90. The summed E-state index contributed by atoms with van der Waals surface area (Å²) in [5.41, 5.74) is 0. The number of nitrogens with zero attached hydrogens (tertiary/aromatic N) is 1. The van der Waals surface area contributed by atoms with E-state index in [0.29, 0.717) is 12.2 Å². The first-order valence-electron chi connectivity index (χ1n) is 6.26. The highest BCUT2D eigenvalue weighted by Gasteiger charge is 2.32. The third-order valence-corrected chi connectivity index (χ3v) is 5.58. The molecule has 1 heterocycles. The Morgan fingerprint density at radius 1 is 1.50 bits per heavy atom. The van der Waals surface area contributed by atoms with Crippen molar-refractivity contribution in [2.45, 2.75) is 25.4 Å². The largest absolute Gasteiger partial charge is 0.480 e. The highest BCUT2D eigenvalue weighted by Crippen LogP contribution is 2.12. The summed E-state index contributed by atoms with van der Waals surface area (Å²) < 4.78 is 22.9. The standard InChI is InChI=1S/C11H20N2O5S2/c1-8-7-20(17,18)6-4-13(8)11(16)12-9(10(14)15)3-5-19-2/h8-9H,3-7H2,1-2H3,(H,12,16)(H,14,15). The Balaban J connectivity index is 2.63. The van der Waals surface area contributed by atoms with Crippen LogP contribution in [0.1, 0.15) is 13.3 Å². The molecule has 2 unspecified atom stereocenters. The number of hydrogen-bond donors (Lipinski definition) is 2. The van der Waals surface area contributed by atoms with Crippen molar-refractivity contribution in [1.29, 1.82) is 0 Å². The van der Waals surface area contributed by atoms with Crippen LogP contribution in [0.3, 0.4) is 0 Å². The Labute approximate surface area is 123 Å². The van der Waals surface area contributed by atoms with E-state index >= 15 is 0 Å². The molecule has 1 aliphatic rings. The molecule has 0 saturated carbocycles. The van der Waals surface area contributed by atoms with Gasteiger partial charge in [-0.25, -0.2) is 18.0 Å². The van der Waals surface area contributed by atoms with Crippen LogP contribution in [-0.4, -0.2) is 72.6 Å². The number of carbonyl (C=O) groups is 2. The van der Waals surface area contributed by atoms with Crippen molar-refractivity contribution in [3.63, 3.8) is 0 Å². The zero-order valence-electron chi connectivity index (χ0n) is 11.5. The van der Waals surface area contributed by atoms with Gasteiger partial charge in [0.25, 0.3) is 0 Å². The Hall–Kier alpha value is -0.960. The van der Waals surface area contributed by atoms with Crippen molar-refractivity contribution >= 4 is 33.6 Å². The fourth-order valence-electron chi connectivity index (χ4n) is 2.03. The Bertz CT molecular complexity index is 465. The molecule has 1 aliphatic heterocycles. The van der Waals surface area contributed by atoms with Crippen LogP contribution in [0.25, 0.3) is 0 Å². The highest BCUT2D eigenvalue weighted by molar-refractivity contribution is 7.98. The lowest BCUT2D eigenvalue weighted by atomic mass is 10.2. The smallest absolute Gasteiger partial charge is 0.326 e. The molecule has 0 bridgehead atoms. The summed E-state index contributed by atoms with van der Waals surface area (Å²) in [4.78, 5) is 24.5. The molecule has 2 atom stereocenters. The monoisotopic (exact) mass is 324 g/mol. The quantitative estimate of drug-likeness (QED) is 0.739. The van der Waals surface area contributed by atoms with Gasteiger partial charge >= 0.3 is 12.0 Å². The number of thioether (sulfide) groups is 1. The lowest BCUT2D eigenvalue weighted by molar-refractivity contribution is -0.139. The second-order valence-corrected chi connectivity index (χ2v) is 7.99. The second kappa shape index (κ2) is 7.16. The van der Waals surface area contributed by atoms with E-state index in [0.717, 1.165) is 0 Å². The maximum absolute atomic E-state index is 12.0. The van der Waals surface area contributed by atoms with E-state index in [9.17, 15) is 18.0 Å². The van der Waals surface area contributed by atoms with Gasteiger partial charge in [0, 0.05) is 12.6 Å². The maximum atomic E-state index is 12.0. The fourth-order valence-corrected chi connectivity index (χ4v) is 4.05. The van der Waals surface area contributed by atoms with Crippen LogP contribution in [0.5, 0.6) is 0 Å². The van der Waals surface area contributed by atoms with Gasteiger partial charge in [-0.05, 0) is 25.4 Å². The SMILES string of the molecule is CSCCC(NC(=O)N1CCS(=O)(=O)CC1C)C(=O)O. The van der Waals surface area contributed by atoms with Gasteiger partial charge in [-0.3, -0.25) is 0 Å². The van der Waals surface area contributed by atoms with E-state index in [2.05, 4.69) is 5.32 Å². The second-order valence-electron chi connectivity index (χ2n) is 4.78. The number of carboxylic acids is 1. The van der Waals surface area contributed by atoms with Gasteiger partial charge in [-0.2, -0.15) is 11.8 Å². The number of nitrogens with one attached hydrogen (secondary N) is 1. The molecule has 0 aromatic carbocycles. The van der Waals surface area contributed by atoms with Gasteiger partial charge in [-0.1, -0.05) is 0 Å². The number of urea groups is 1. The Morgan fingerprint density at radius 3 is 2.65 bits per heavy atom. The summed E-state index contributed by atoms with van der Waals surface area (Å²) >= 11 is 1.50. The molecule has 0 spiro atoms. The zero-order valence-corrected chi connectivity index (χ0v) is 13.2. The minimum Gasteiger partial charge on any atom is -0.480 e. The van der Waals surface area contributed by atoms with Crippen LogP contribution < -0.4 is 5.32 Å². The van der Waals surface area contributed by atoms with Crippen molar-refractivity contribution in [2.24, 2.45) is 0 Å². The topological polar surface area (TPSA) is 104 Å². The molecule has 7 nitrogen and oxygen atoms in total. The molecule has 116 valence electrons. The van der Waals surface area contributed by atoms with Crippen LogP contribution in [0.4, 0.5) is 4.79 Å². The highest BCUT2D eigenvalue weighted by atomic mass is 32.2. The average Bonchev–Trinajstić information content (AvgIpc) is 2.32. The lowest BCUT2D eigenvalue weighted by Gasteiger charge is -2.33. The van der Waals surface area contributed by atoms with Crippen LogP contribution in [0.2, 0.25) is 0 Å². The minimum atomic E-state index is -3.10. The molecule has 2 amide bonds. The van der Waals surface area contributed by atoms with Crippen LogP contribution in [0, 0.1) is 0 Å². The first-order chi connectivity index (χ1) is 9.26. The minimum absolute atomic E-state index is 0.0761. The van der Waals surface area contributed by atoms with E-state index in [1.54, 1.807) is 6.92 Å². The number of aliphatic carboxylic acids is 1. The predicted octanol–water partition coefficient (Wildman–Crippen LogP) is 0.0212. The number of carboxylic acid groups (broad SMARTS) is 1. The summed E-state index contributed by atoms with van der Waals surface area (Å²) in [7, 11) is -3.10. The molecular formula is C11H20N2O5S2. The van der Waals surface area contributed by atoms with Gasteiger partial charge < -0.3 is 15.3 Å². The van der Waals surface area contributed by atoms with Crippen molar-refractivity contribution in [3.05, 3.63) is 0 Å². The van der Waals surface area contributed by atoms with E-state index in [1.807, 2.05) is 6.26 Å². The molecular weight excluding hydrogens is 304 g/mol. The molecule has 0 radical (unpaired) electrons. The number of sulfone groups is 1. The van der Waals surface area contributed by atoms with Crippen molar-refractivity contribution in [1.82, 2.24) is 10.2 Å². The van der Waals surface area contributed by atoms with Gasteiger partial charge in [0.2, 0.25) is 0 Å². The predicted molar refractivity (Wildman–Crippen MR) is 77.8 cm³/mol. The maximum Gasteiger partial charge on any atom is 0.326 e. The summed E-state index contributed by atoms with van der Waals surface area (Å²) in [6.07, 6.45) is 2.20. The van der Waals surface area contributed by atoms with E-state index in [1.165, 1.54) is 16.7 Å². The number of hydrogen-bond acceptors (Lipinski definition) is 5. The number of carbonyl (C=O) groups excluding carboxylic acids is 1. The summed E-state index contributed by atoms with van der Waals surface area (Å²) in [5.74, 6) is -0.609. The van der Waals surface area contributed by atoms with Gasteiger partial charge in [-0.15, -0.1) is 0 Å². The van der Waals surface area contributed by atoms with Crippen LogP contribution in [-0.2, 0) is 14.6 Å². The zero-order chi connectivity index (χ0) is 15.3. The first-order valence-corrected chi connectivity index (χ1v) is 9.47. The van der Waals surface area contributed by atoms with Crippen LogP contribution in [0.15, 0.2) is 0 Å². The molecule has 0 aromatic rings. The average molecular weight is 324 g/mol. The fraction of sp³-hybridized carbons (Fsp3) is 0.818. The summed E-state index contributed by atoms with van der Waals surface area (Å²) in [5, 5.41) is 11.5. The normalized spacial score (nSPS) is 23.1. The van der Waals surface area contributed by atoms with Crippen LogP contribution >= 0.6 is 11.8 Å². The first kappa shape index (κ1) is 17.1. The molecule has 1 rings (SSSR count). The van der Waals surface area contributed by atoms with Gasteiger partial charge in [0.15, 0.2) is 9.84 Å².